The van der Waals surface area contributed by atoms with Gasteiger partial charge in [0.1, 0.15) is 11.6 Å². The van der Waals surface area contributed by atoms with Crippen molar-refractivity contribution in [1.82, 2.24) is 9.97 Å². The molecule has 3 rings (SSSR count). The molecule has 0 bridgehead atoms. The van der Waals surface area contributed by atoms with E-state index in [-0.39, 0.29) is 11.4 Å². The molecule has 0 spiro atoms. The molecule has 100 valence electrons. The first-order valence-electron chi connectivity index (χ1n) is 5.73. The summed E-state index contributed by atoms with van der Waals surface area (Å²) < 4.78 is 27.1. The van der Waals surface area contributed by atoms with E-state index in [1.165, 1.54) is 0 Å². The van der Waals surface area contributed by atoms with Crippen LogP contribution in [0.15, 0.2) is 41.2 Å². The summed E-state index contributed by atoms with van der Waals surface area (Å²) in [6.45, 7) is 0. The lowest BCUT2D eigenvalue weighted by Gasteiger charge is -2.05. The Hall–Kier alpha value is -2.76. The van der Waals surface area contributed by atoms with Gasteiger partial charge in [-0.3, -0.25) is 4.79 Å². The Bertz CT molecular complexity index is 875. The van der Waals surface area contributed by atoms with Gasteiger partial charge in [0, 0.05) is 6.07 Å². The van der Waals surface area contributed by atoms with Gasteiger partial charge >= 0.3 is 0 Å². The van der Waals surface area contributed by atoms with E-state index in [2.05, 4.69) is 9.97 Å². The molecule has 0 amide bonds. The molecule has 3 aromatic rings. The van der Waals surface area contributed by atoms with Crippen LogP contribution in [0.2, 0.25) is 0 Å². The Balaban J connectivity index is 2.30. The lowest BCUT2D eigenvalue weighted by molar-refractivity contribution is 0.427. The van der Waals surface area contributed by atoms with Gasteiger partial charge in [0.2, 0.25) is 0 Å². The first-order valence-corrected chi connectivity index (χ1v) is 5.73. The van der Waals surface area contributed by atoms with Crippen molar-refractivity contribution < 1.29 is 13.9 Å². The molecular formula is C14H8F2N2O2. The molecule has 1 aromatic heterocycles. The largest absolute Gasteiger partial charge is 0.505 e. The van der Waals surface area contributed by atoms with Crippen LogP contribution in [0.5, 0.6) is 5.75 Å². The molecule has 0 fully saturated rings. The highest BCUT2D eigenvalue weighted by molar-refractivity contribution is 5.79. The molecule has 0 atom stereocenters. The number of rotatable bonds is 1. The third-order valence-electron chi connectivity index (χ3n) is 2.90. The topological polar surface area (TPSA) is 66.0 Å². The summed E-state index contributed by atoms with van der Waals surface area (Å²) in [5.41, 5.74) is -0.291. The molecule has 0 aliphatic carbocycles. The van der Waals surface area contributed by atoms with E-state index in [1.54, 1.807) is 24.3 Å². The number of H-pyrrole nitrogens is 1. The Labute approximate surface area is 111 Å². The van der Waals surface area contributed by atoms with Gasteiger partial charge in [-0.2, -0.15) is 0 Å². The SMILES string of the molecule is O=c1[nH]c(-c2cc(F)c(O)cc2F)nc2ccccc12. The number of fused-ring (bicyclic) bond motifs is 1. The minimum absolute atomic E-state index is 0.0925. The quantitative estimate of drug-likeness (QED) is 0.716. The van der Waals surface area contributed by atoms with E-state index in [4.69, 9.17) is 5.11 Å². The number of phenolic OH excluding ortho intramolecular Hbond substituents is 1. The van der Waals surface area contributed by atoms with Crippen molar-refractivity contribution in [1.29, 1.82) is 0 Å². The van der Waals surface area contributed by atoms with E-state index in [0.717, 1.165) is 6.07 Å². The molecular weight excluding hydrogens is 266 g/mol. The lowest BCUT2D eigenvalue weighted by Crippen LogP contribution is -2.10. The number of phenols is 1. The number of aromatic amines is 1. The summed E-state index contributed by atoms with van der Waals surface area (Å²) in [6.07, 6.45) is 0. The molecule has 0 saturated heterocycles. The van der Waals surface area contributed by atoms with Crippen molar-refractivity contribution in [3.8, 4) is 17.1 Å². The Morgan fingerprint density at radius 2 is 1.85 bits per heavy atom. The summed E-state index contributed by atoms with van der Waals surface area (Å²) in [5, 5.41) is 9.45. The van der Waals surface area contributed by atoms with Crippen LogP contribution >= 0.6 is 0 Å². The molecule has 0 saturated carbocycles. The second-order valence-electron chi connectivity index (χ2n) is 4.22. The maximum absolute atomic E-state index is 13.8. The molecule has 0 aliphatic heterocycles. The molecule has 4 nitrogen and oxygen atoms in total. The zero-order valence-electron chi connectivity index (χ0n) is 10.0. The second-order valence-corrected chi connectivity index (χ2v) is 4.22. The van der Waals surface area contributed by atoms with Crippen molar-refractivity contribution in [3.63, 3.8) is 0 Å². The smallest absolute Gasteiger partial charge is 0.259 e. The molecule has 2 aromatic carbocycles. The molecule has 0 radical (unpaired) electrons. The number of benzene rings is 2. The van der Waals surface area contributed by atoms with Crippen LogP contribution in [0.3, 0.4) is 0 Å². The second kappa shape index (κ2) is 4.41. The molecule has 20 heavy (non-hydrogen) atoms. The average Bonchev–Trinajstić information content (AvgIpc) is 2.43. The molecule has 6 heteroatoms. The van der Waals surface area contributed by atoms with Gasteiger partial charge < -0.3 is 10.1 Å². The van der Waals surface area contributed by atoms with Gasteiger partial charge in [0.05, 0.1) is 16.5 Å². The number of para-hydroxylation sites is 1. The zero-order chi connectivity index (χ0) is 14.3. The summed E-state index contributed by atoms with van der Waals surface area (Å²) in [7, 11) is 0. The van der Waals surface area contributed by atoms with Gasteiger partial charge in [0.25, 0.3) is 5.56 Å². The van der Waals surface area contributed by atoms with Crippen LogP contribution in [0.4, 0.5) is 8.78 Å². The number of aromatic nitrogens is 2. The van der Waals surface area contributed by atoms with E-state index in [0.29, 0.717) is 17.0 Å². The summed E-state index contributed by atoms with van der Waals surface area (Å²) in [5.74, 6) is -2.75. The third kappa shape index (κ3) is 1.91. The van der Waals surface area contributed by atoms with E-state index in [9.17, 15) is 13.6 Å². The fraction of sp³-hybridized carbons (Fsp3) is 0. The monoisotopic (exact) mass is 274 g/mol. The van der Waals surface area contributed by atoms with E-state index >= 15 is 0 Å². The Morgan fingerprint density at radius 1 is 1.10 bits per heavy atom. The standard InChI is InChI=1S/C14H8F2N2O2/c15-9-6-12(19)10(16)5-8(9)13-17-11-4-2-1-3-7(11)14(20)18-13/h1-6,19H,(H,17,18,20). The van der Waals surface area contributed by atoms with Crippen LogP contribution < -0.4 is 5.56 Å². The van der Waals surface area contributed by atoms with Gasteiger partial charge in [-0.15, -0.1) is 0 Å². The van der Waals surface area contributed by atoms with Crippen LogP contribution in [0, 0.1) is 11.6 Å². The zero-order valence-corrected chi connectivity index (χ0v) is 10.0. The van der Waals surface area contributed by atoms with Crippen LogP contribution in [-0.2, 0) is 0 Å². The predicted octanol–water partition coefficient (Wildman–Crippen LogP) is 2.57. The number of halogens is 2. The van der Waals surface area contributed by atoms with E-state index in [1.807, 2.05) is 0 Å². The normalized spacial score (nSPS) is 10.9. The van der Waals surface area contributed by atoms with Crippen molar-refractivity contribution in [2.75, 3.05) is 0 Å². The number of hydrogen-bond donors (Lipinski definition) is 2. The van der Waals surface area contributed by atoms with Crippen LogP contribution in [-0.4, -0.2) is 15.1 Å². The fourth-order valence-electron chi connectivity index (χ4n) is 1.93. The van der Waals surface area contributed by atoms with E-state index < -0.39 is 22.9 Å². The van der Waals surface area contributed by atoms with Crippen molar-refractivity contribution in [2.24, 2.45) is 0 Å². The predicted molar refractivity (Wildman–Crippen MR) is 69.4 cm³/mol. The number of hydrogen-bond acceptors (Lipinski definition) is 3. The van der Waals surface area contributed by atoms with Crippen molar-refractivity contribution in [2.45, 2.75) is 0 Å². The van der Waals surface area contributed by atoms with Gasteiger partial charge in [-0.05, 0) is 18.2 Å². The number of nitrogens with one attached hydrogen (secondary N) is 1. The lowest BCUT2D eigenvalue weighted by atomic mass is 10.1. The first-order chi connectivity index (χ1) is 9.56. The summed E-state index contributed by atoms with van der Waals surface area (Å²) >= 11 is 0. The third-order valence-corrected chi connectivity index (χ3v) is 2.90. The highest BCUT2D eigenvalue weighted by Gasteiger charge is 2.14. The highest BCUT2D eigenvalue weighted by Crippen LogP contribution is 2.26. The maximum atomic E-state index is 13.8. The minimum atomic E-state index is -0.989. The first kappa shape index (κ1) is 12.3. The van der Waals surface area contributed by atoms with Crippen LogP contribution in [0.1, 0.15) is 0 Å². The highest BCUT2D eigenvalue weighted by atomic mass is 19.1. The summed E-state index contributed by atoms with van der Waals surface area (Å²) in [6, 6.07) is 7.98. The number of aromatic hydroxyl groups is 1. The van der Waals surface area contributed by atoms with Gasteiger partial charge in [-0.1, -0.05) is 12.1 Å². The molecule has 0 unspecified atom stereocenters. The fourth-order valence-corrected chi connectivity index (χ4v) is 1.93. The summed E-state index contributed by atoms with van der Waals surface area (Å²) in [4.78, 5) is 18.4. The molecule has 0 aliphatic rings. The number of nitrogens with zero attached hydrogens (tertiary/aromatic N) is 1. The van der Waals surface area contributed by atoms with Crippen LogP contribution in [0.25, 0.3) is 22.3 Å². The molecule has 2 N–H and O–H groups in total. The Kier molecular flexibility index (Phi) is 2.71. The average molecular weight is 274 g/mol. The molecule has 1 heterocycles. The van der Waals surface area contributed by atoms with Gasteiger partial charge in [0.15, 0.2) is 11.6 Å². The van der Waals surface area contributed by atoms with Gasteiger partial charge in [-0.25, -0.2) is 13.8 Å². The minimum Gasteiger partial charge on any atom is -0.505 e. The maximum Gasteiger partial charge on any atom is 0.259 e. The van der Waals surface area contributed by atoms with Crippen molar-refractivity contribution >= 4 is 10.9 Å². The Morgan fingerprint density at radius 3 is 2.65 bits per heavy atom. The van der Waals surface area contributed by atoms with Crippen molar-refractivity contribution in [3.05, 3.63) is 58.4 Å².